The number of aromatic nitrogens is 1. The largest absolute Gasteiger partial charge is 0.506 e. The van der Waals surface area contributed by atoms with Crippen molar-refractivity contribution in [2.75, 3.05) is 0 Å². The van der Waals surface area contributed by atoms with Crippen molar-refractivity contribution >= 4 is 26.2 Å². The van der Waals surface area contributed by atoms with Crippen LogP contribution in [0, 0.1) is 6.92 Å². The molecule has 0 saturated carbocycles. The molecule has 71 valence electrons. The van der Waals surface area contributed by atoms with Crippen LogP contribution in [0.15, 0.2) is 6.20 Å². The molecule has 0 amide bonds. The Morgan fingerprint density at radius 3 is 2.38 bits per heavy atom. The maximum Gasteiger partial charge on any atom is 0.142 e. The van der Waals surface area contributed by atoms with Crippen molar-refractivity contribution in [3.63, 3.8) is 0 Å². The summed E-state index contributed by atoms with van der Waals surface area (Å²) in [7, 11) is 0. The molecule has 3 radical (unpaired) electrons. The fourth-order valence-corrected chi connectivity index (χ4v) is 0.997. The molecule has 0 fully saturated rings. The Balaban J connectivity index is 0.00000144. The Morgan fingerprint density at radius 2 is 1.92 bits per heavy atom. The van der Waals surface area contributed by atoms with Gasteiger partial charge in [0.05, 0.1) is 18.9 Å². The Hall–Kier alpha value is -0.247. The van der Waals surface area contributed by atoms with Crippen molar-refractivity contribution in [1.29, 1.82) is 0 Å². The Morgan fingerprint density at radius 1 is 1.31 bits per heavy atom. The second kappa shape index (κ2) is 5.48. The van der Waals surface area contributed by atoms with E-state index in [4.69, 9.17) is 10.2 Å². The monoisotopic (exact) mass is 378 g/mol. The molecule has 0 atom stereocenters. The number of rotatable bonds is 2. The first kappa shape index (κ1) is 12.8. The third-order valence-electron chi connectivity index (χ3n) is 1.76. The van der Waals surface area contributed by atoms with E-state index in [-0.39, 0.29) is 45.2 Å². The van der Waals surface area contributed by atoms with E-state index in [9.17, 15) is 5.11 Å². The van der Waals surface area contributed by atoms with Crippen LogP contribution in [0.2, 0.25) is 0 Å². The molecule has 0 spiro atoms. The quantitative estimate of drug-likeness (QED) is 0.618. The van der Waals surface area contributed by atoms with Crippen LogP contribution in [-0.4, -0.2) is 46.5 Å². The van der Waals surface area contributed by atoms with Crippen LogP contribution in [0.1, 0.15) is 16.8 Å². The summed E-state index contributed by atoms with van der Waals surface area (Å²) in [6, 6.07) is 0. The number of pyridine rings is 1. The van der Waals surface area contributed by atoms with Crippen molar-refractivity contribution in [1.82, 2.24) is 4.98 Å². The van der Waals surface area contributed by atoms with Crippen molar-refractivity contribution < 1.29 is 15.3 Å². The summed E-state index contributed by atoms with van der Waals surface area (Å²) in [4.78, 5) is 3.84. The number of aliphatic hydroxyl groups is 2. The van der Waals surface area contributed by atoms with E-state index in [0.717, 1.165) is 0 Å². The summed E-state index contributed by atoms with van der Waals surface area (Å²) in [5.74, 6) is -0.0379. The number of aliphatic hydroxyl groups excluding tert-OH is 2. The summed E-state index contributed by atoms with van der Waals surface area (Å²) in [6.45, 7) is 1.12. The average molecular weight is 378 g/mol. The smallest absolute Gasteiger partial charge is 0.142 e. The van der Waals surface area contributed by atoms with Crippen molar-refractivity contribution in [3.05, 3.63) is 23.0 Å². The first-order valence-electron chi connectivity index (χ1n) is 3.58. The minimum atomic E-state index is -0.287. The van der Waals surface area contributed by atoms with Gasteiger partial charge in [0, 0.05) is 43.5 Å². The van der Waals surface area contributed by atoms with Crippen LogP contribution in [0.5, 0.6) is 5.75 Å². The maximum absolute atomic E-state index is 9.38. The second-order valence-corrected chi connectivity index (χ2v) is 2.51. The maximum atomic E-state index is 9.38. The zero-order valence-electron chi connectivity index (χ0n) is 7.23. The molecule has 1 aromatic rings. The summed E-state index contributed by atoms with van der Waals surface area (Å²) in [5.41, 5.74) is 1.27. The van der Waals surface area contributed by atoms with Crippen LogP contribution in [-0.2, 0) is 13.2 Å². The second-order valence-electron chi connectivity index (χ2n) is 2.51. The van der Waals surface area contributed by atoms with Crippen molar-refractivity contribution in [2.24, 2.45) is 0 Å². The molecule has 0 aliphatic rings. The molecule has 3 N–H and O–H groups in total. The first-order valence-corrected chi connectivity index (χ1v) is 3.58. The van der Waals surface area contributed by atoms with Crippen LogP contribution >= 0.6 is 0 Å². The molecule has 0 unspecified atom stereocenters. The predicted molar refractivity (Wildman–Crippen MR) is 48.2 cm³/mol. The van der Waals surface area contributed by atoms with E-state index >= 15 is 0 Å². The van der Waals surface area contributed by atoms with Crippen LogP contribution < -0.4 is 0 Å². The molecule has 0 bridgehead atoms. The zero-order chi connectivity index (χ0) is 9.14. The predicted octanol–water partition coefficient (Wildman–Crippen LogP) is -0.301. The number of hydrogen-bond donors (Lipinski definition) is 3. The topological polar surface area (TPSA) is 73.6 Å². The fraction of sp³-hybridized carbons (Fsp3) is 0.375. The normalized spacial score (nSPS) is 9.46. The molecule has 4 nitrogen and oxygen atoms in total. The summed E-state index contributed by atoms with van der Waals surface area (Å²) in [5, 5.41) is 27.0. The van der Waals surface area contributed by atoms with Crippen LogP contribution in [0.3, 0.4) is 0 Å². The number of hydrogen-bond acceptors (Lipinski definition) is 4. The van der Waals surface area contributed by atoms with Crippen molar-refractivity contribution in [2.45, 2.75) is 20.1 Å². The van der Waals surface area contributed by atoms with Gasteiger partial charge < -0.3 is 15.3 Å². The number of aryl methyl sites for hydroxylation is 1. The molecule has 13 heavy (non-hydrogen) atoms. The SMILES string of the molecule is Cc1ncc(CO)c(CO)c1O.[Bi]. The average Bonchev–Trinajstić information content (AvgIpc) is 2.09. The molecular formula is C8H11BiNO3. The van der Waals surface area contributed by atoms with E-state index in [2.05, 4.69) is 4.98 Å². The van der Waals surface area contributed by atoms with Gasteiger partial charge in [0.1, 0.15) is 5.75 Å². The van der Waals surface area contributed by atoms with E-state index in [1.807, 2.05) is 0 Å². The fourth-order valence-electron chi connectivity index (χ4n) is 0.997. The number of aromatic hydroxyl groups is 1. The molecular weight excluding hydrogens is 367 g/mol. The first-order chi connectivity index (χ1) is 5.70. The molecule has 0 aliphatic carbocycles. The number of nitrogens with zero attached hydrogens (tertiary/aromatic N) is 1. The molecule has 0 aromatic carbocycles. The molecule has 0 aliphatic heterocycles. The zero-order valence-corrected chi connectivity index (χ0v) is 10.7. The van der Waals surface area contributed by atoms with Gasteiger partial charge in [0.2, 0.25) is 0 Å². The minimum Gasteiger partial charge on any atom is -0.506 e. The molecule has 5 heteroatoms. The van der Waals surface area contributed by atoms with Gasteiger partial charge >= 0.3 is 0 Å². The molecule has 0 saturated heterocycles. The van der Waals surface area contributed by atoms with Gasteiger partial charge in [0.15, 0.2) is 0 Å². The van der Waals surface area contributed by atoms with Gasteiger partial charge in [-0.3, -0.25) is 4.98 Å². The summed E-state index contributed by atoms with van der Waals surface area (Å²) < 4.78 is 0. The van der Waals surface area contributed by atoms with E-state index in [1.54, 1.807) is 6.92 Å². The van der Waals surface area contributed by atoms with Gasteiger partial charge in [-0.2, -0.15) is 0 Å². The third-order valence-corrected chi connectivity index (χ3v) is 1.76. The van der Waals surface area contributed by atoms with Crippen LogP contribution in [0.25, 0.3) is 0 Å². The standard InChI is InChI=1S/C8H11NO3.Bi/c1-5-8(12)7(4-11)6(3-10)2-9-5;/h2,10-12H,3-4H2,1H3;. The minimum absolute atomic E-state index is 0. The van der Waals surface area contributed by atoms with Crippen LogP contribution in [0.4, 0.5) is 0 Å². The molecule has 1 aromatic heterocycles. The summed E-state index contributed by atoms with van der Waals surface area (Å²) >= 11 is 0. The Labute approximate surface area is 95.4 Å². The van der Waals surface area contributed by atoms with E-state index < -0.39 is 0 Å². The van der Waals surface area contributed by atoms with Gasteiger partial charge in [-0.15, -0.1) is 0 Å². The van der Waals surface area contributed by atoms with E-state index in [1.165, 1.54) is 6.20 Å². The third kappa shape index (κ3) is 2.60. The summed E-state index contributed by atoms with van der Waals surface area (Å²) in [6.07, 6.45) is 1.45. The molecule has 1 heterocycles. The molecule has 1 rings (SSSR count). The van der Waals surface area contributed by atoms with E-state index in [0.29, 0.717) is 16.8 Å². The van der Waals surface area contributed by atoms with Crippen molar-refractivity contribution in [3.8, 4) is 5.75 Å². The van der Waals surface area contributed by atoms with Gasteiger partial charge in [-0.25, -0.2) is 0 Å². The van der Waals surface area contributed by atoms with Gasteiger partial charge in [-0.05, 0) is 6.92 Å². The van der Waals surface area contributed by atoms with Gasteiger partial charge in [0.25, 0.3) is 0 Å². The van der Waals surface area contributed by atoms with Gasteiger partial charge in [-0.1, -0.05) is 0 Å². The Bertz CT molecular complexity index is 291. The Kier molecular flexibility index (Phi) is 5.37.